The molecule has 1 amide bonds. The fourth-order valence-electron chi connectivity index (χ4n) is 3.46. The van der Waals surface area contributed by atoms with Gasteiger partial charge in [-0.25, -0.2) is 4.98 Å². The van der Waals surface area contributed by atoms with Gasteiger partial charge in [-0.2, -0.15) is 0 Å². The number of para-hydroxylation sites is 1. The van der Waals surface area contributed by atoms with Crippen LogP contribution in [0, 0.1) is 6.92 Å². The number of benzene rings is 2. The molecular formula is C22H20ClN3OS. The Bertz CT molecular complexity index is 1120. The standard InChI is InChI=1S/C22H20ClN3OS/c1-14-26-15(13-28-14)10-22(27)25-12-18(16-6-2-4-8-20(16)23)19-11-24-21-9-5-3-7-17(19)21/h2-9,11,13,18,24H,10,12H2,1H3,(H,25,27). The van der Waals surface area contributed by atoms with Crippen molar-refractivity contribution in [3.05, 3.63) is 87.0 Å². The Hall–Kier alpha value is -2.63. The van der Waals surface area contributed by atoms with Crippen LogP contribution < -0.4 is 5.32 Å². The molecule has 28 heavy (non-hydrogen) atoms. The number of H-pyrrole nitrogens is 1. The van der Waals surface area contributed by atoms with E-state index in [-0.39, 0.29) is 18.2 Å². The molecule has 4 aromatic rings. The summed E-state index contributed by atoms with van der Waals surface area (Å²) in [4.78, 5) is 20.2. The van der Waals surface area contributed by atoms with Gasteiger partial charge in [0.15, 0.2) is 0 Å². The van der Waals surface area contributed by atoms with Gasteiger partial charge in [0.05, 0.1) is 17.1 Å². The summed E-state index contributed by atoms with van der Waals surface area (Å²) in [5.74, 6) is -0.0897. The lowest BCUT2D eigenvalue weighted by molar-refractivity contribution is -0.120. The Morgan fingerprint density at radius 2 is 1.96 bits per heavy atom. The van der Waals surface area contributed by atoms with Gasteiger partial charge in [-0.3, -0.25) is 4.79 Å². The van der Waals surface area contributed by atoms with E-state index in [9.17, 15) is 4.79 Å². The third-order valence-corrected chi connectivity index (χ3v) is 5.96. The Labute approximate surface area is 172 Å². The summed E-state index contributed by atoms with van der Waals surface area (Å²) in [6.45, 7) is 2.41. The summed E-state index contributed by atoms with van der Waals surface area (Å²) in [5.41, 5.74) is 3.99. The van der Waals surface area contributed by atoms with E-state index in [0.29, 0.717) is 11.6 Å². The molecule has 0 aliphatic rings. The number of carbonyl (C=O) groups is 1. The highest BCUT2D eigenvalue weighted by molar-refractivity contribution is 7.09. The lowest BCUT2D eigenvalue weighted by Crippen LogP contribution is -2.30. The molecule has 0 bridgehead atoms. The van der Waals surface area contributed by atoms with Crippen LogP contribution in [0.5, 0.6) is 0 Å². The number of amides is 1. The first-order valence-electron chi connectivity index (χ1n) is 9.10. The SMILES string of the molecule is Cc1nc(CC(=O)NCC(c2ccccc2Cl)c2c[nH]c3ccccc23)cs1. The van der Waals surface area contributed by atoms with Gasteiger partial charge < -0.3 is 10.3 Å². The summed E-state index contributed by atoms with van der Waals surface area (Å²) in [7, 11) is 0. The highest BCUT2D eigenvalue weighted by Gasteiger charge is 2.21. The van der Waals surface area contributed by atoms with Crippen molar-refractivity contribution in [3.8, 4) is 0 Å². The second-order valence-corrected chi connectivity index (χ2v) is 8.17. The lowest BCUT2D eigenvalue weighted by atomic mass is 9.90. The molecule has 0 spiro atoms. The minimum atomic E-state index is -0.0500. The topological polar surface area (TPSA) is 57.8 Å². The molecule has 6 heteroatoms. The average molecular weight is 410 g/mol. The number of nitrogens with zero attached hydrogens (tertiary/aromatic N) is 1. The van der Waals surface area contributed by atoms with E-state index in [1.165, 1.54) is 0 Å². The van der Waals surface area contributed by atoms with Crippen LogP contribution in [0.25, 0.3) is 10.9 Å². The van der Waals surface area contributed by atoms with Gasteiger partial charge in [-0.15, -0.1) is 11.3 Å². The Morgan fingerprint density at radius 1 is 1.18 bits per heavy atom. The smallest absolute Gasteiger partial charge is 0.226 e. The fraction of sp³-hybridized carbons (Fsp3) is 0.182. The van der Waals surface area contributed by atoms with Gasteiger partial charge in [0.2, 0.25) is 5.91 Å². The highest BCUT2D eigenvalue weighted by atomic mass is 35.5. The largest absolute Gasteiger partial charge is 0.361 e. The van der Waals surface area contributed by atoms with Crippen molar-refractivity contribution >= 4 is 39.7 Å². The van der Waals surface area contributed by atoms with E-state index in [1.54, 1.807) is 11.3 Å². The molecule has 2 N–H and O–H groups in total. The van der Waals surface area contributed by atoms with E-state index >= 15 is 0 Å². The molecule has 0 aliphatic heterocycles. The normalized spacial score (nSPS) is 12.2. The third-order valence-electron chi connectivity index (χ3n) is 4.79. The number of nitrogens with one attached hydrogen (secondary N) is 2. The van der Waals surface area contributed by atoms with Gasteiger partial charge in [0, 0.05) is 40.0 Å². The van der Waals surface area contributed by atoms with Gasteiger partial charge in [-0.1, -0.05) is 48.0 Å². The van der Waals surface area contributed by atoms with E-state index in [4.69, 9.17) is 11.6 Å². The third kappa shape index (κ3) is 3.96. The molecule has 2 aromatic heterocycles. The maximum atomic E-state index is 12.5. The van der Waals surface area contributed by atoms with Gasteiger partial charge >= 0.3 is 0 Å². The molecule has 2 heterocycles. The number of aromatic amines is 1. The predicted molar refractivity (Wildman–Crippen MR) is 115 cm³/mol. The van der Waals surface area contributed by atoms with Gasteiger partial charge in [-0.05, 0) is 30.2 Å². The number of rotatable bonds is 6. The first-order chi connectivity index (χ1) is 13.6. The summed E-state index contributed by atoms with van der Waals surface area (Å²) in [6.07, 6.45) is 2.29. The van der Waals surface area contributed by atoms with Crippen molar-refractivity contribution in [2.45, 2.75) is 19.3 Å². The zero-order chi connectivity index (χ0) is 19.5. The first-order valence-corrected chi connectivity index (χ1v) is 10.4. The molecule has 142 valence electrons. The van der Waals surface area contributed by atoms with Crippen LogP contribution in [0.4, 0.5) is 0 Å². The van der Waals surface area contributed by atoms with Crippen molar-refractivity contribution in [2.75, 3.05) is 6.54 Å². The number of aryl methyl sites for hydroxylation is 1. The van der Waals surface area contributed by atoms with Crippen molar-refractivity contribution in [2.24, 2.45) is 0 Å². The zero-order valence-corrected chi connectivity index (χ0v) is 17.0. The summed E-state index contributed by atoms with van der Waals surface area (Å²) in [5, 5.41) is 7.80. The fourth-order valence-corrected chi connectivity index (χ4v) is 4.34. The number of halogens is 1. The number of hydrogen-bond acceptors (Lipinski definition) is 3. The van der Waals surface area contributed by atoms with Gasteiger partial charge in [0.1, 0.15) is 0 Å². The Morgan fingerprint density at radius 3 is 2.75 bits per heavy atom. The van der Waals surface area contributed by atoms with E-state index < -0.39 is 0 Å². The average Bonchev–Trinajstić information content (AvgIpc) is 3.30. The molecule has 1 unspecified atom stereocenters. The first kappa shape index (κ1) is 18.7. The van der Waals surface area contributed by atoms with Crippen LogP contribution in [0.2, 0.25) is 5.02 Å². The maximum Gasteiger partial charge on any atom is 0.226 e. The second kappa shape index (κ2) is 8.17. The molecule has 0 saturated carbocycles. The monoisotopic (exact) mass is 409 g/mol. The minimum absolute atomic E-state index is 0.0396. The summed E-state index contributed by atoms with van der Waals surface area (Å²) >= 11 is 8.06. The molecule has 4 nitrogen and oxygen atoms in total. The molecule has 0 fully saturated rings. The zero-order valence-electron chi connectivity index (χ0n) is 15.4. The number of aromatic nitrogens is 2. The van der Waals surface area contributed by atoms with Crippen molar-refractivity contribution in [1.29, 1.82) is 0 Å². The Kier molecular flexibility index (Phi) is 5.46. The summed E-state index contributed by atoms with van der Waals surface area (Å²) in [6, 6.07) is 16.0. The molecule has 4 rings (SSSR count). The minimum Gasteiger partial charge on any atom is -0.361 e. The maximum absolute atomic E-state index is 12.5. The predicted octanol–water partition coefficient (Wildman–Crippen LogP) is 5.08. The van der Waals surface area contributed by atoms with E-state index in [2.05, 4.69) is 21.4 Å². The van der Waals surface area contributed by atoms with Crippen LogP contribution in [-0.2, 0) is 11.2 Å². The van der Waals surface area contributed by atoms with Crippen LogP contribution >= 0.6 is 22.9 Å². The number of carbonyl (C=O) groups excluding carboxylic acids is 1. The van der Waals surface area contributed by atoms with Crippen LogP contribution in [0.15, 0.2) is 60.1 Å². The quantitative estimate of drug-likeness (QED) is 0.466. The molecule has 0 aliphatic carbocycles. The van der Waals surface area contributed by atoms with Crippen LogP contribution in [0.3, 0.4) is 0 Å². The summed E-state index contributed by atoms with van der Waals surface area (Å²) < 4.78 is 0. The second-order valence-electron chi connectivity index (χ2n) is 6.70. The number of fused-ring (bicyclic) bond motifs is 1. The molecule has 2 aromatic carbocycles. The number of thiazole rings is 1. The Balaban J connectivity index is 1.60. The molecule has 0 saturated heterocycles. The van der Waals surface area contributed by atoms with Crippen LogP contribution in [-0.4, -0.2) is 22.4 Å². The van der Waals surface area contributed by atoms with E-state index in [1.807, 2.05) is 61.0 Å². The van der Waals surface area contributed by atoms with Crippen LogP contribution in [0.1, 0.15) is 27.7 Å². The highest BCUT2D eigenvalue weighted by Crippen LogP contribution is 2.34. The molecule has 0 radical (unpaired) electrons. The van der Waals surface area contributed by atoms with Crippen molar-refractivity contribution in [1.82, 2.24) is 15.3 Å². The number of hydrogen-bond donors (Lipinski definition) is 2. The van der Waals surface area contributed by atoms with Crippen molar-refractivity contribution < 1.29 is 4.79 Å². The molecule has 1 atom stereocenters. The molecular weight excluding hydrogens is 390 g/mol. The van der Waals surface area contributed by atoms with Crippen molar-refractivity contribution in [3.63, 3.8) is 0 Å². The van der Waals surface area contributed by atoms with Gasteiger partial charge in [0.25, 0.3) is 0 Å². The van der Waals surface area contributed by atoms with E-state index in [0.717, 1.165) is 32.7 Å². The lowest BCUT2D eigenvalue weighted by Gasteiger charge is -2.19.